The van der Waals surface area contributed by atoms with Crippen molar-refractivity contribution < 1.29 is 5.11 Å². The maximum absolute atomic E-state index is 9.85. The van der Waals surface area contributed by atoms with Crippen LogP contribution in [-0.2, 0) is 13.6 Å². The van der Waals surface area contributed by atoms with E-state index in [9.17, 15) is 5.11 Å². The summed E-state index contributed by atoms with van der Waals surface area (Å²) in [6, 6.07) is 0. The Morgan fingerprint density at radius 1 is 1.60 bits per heavy atom. The molecule has 2 rings (SSSR count). The zero-order valence-corrected chi connectivity index (χ0v) is 12.6. The average molecular weight is 279 g/mol. The van der Waals surface area contributed by atoms with Gasteiger partial charge < -0.3 is 15.3 Å². The molecule has 1 aromatic heterocycles. The molecular weight excluding hydrogens is 254 g/mol. The number of nitrogens with zero attached hydrogens (tertiary/aromatic N) is 4. The van der Waals surface area contributed by atoms with Crippen LogP contribution in [-0.4, -0.2) is 52.5 Å². The predicted octanol–water partition coefficient (Wildman–Crippen LogP) is 0.588. The average Bonchev–Trinajstić information content (AvgIpc) is 3.00. The second kappa shape index (κ2) is 6.74. The van der Waals surface area contributed by atoms with Crippen LogP contribution in [0.3, 0.4) is 0 Å². The number of aliphatic hydroxyl groups excluding tert-OH is 1. The molecule has 1 fully saturated rings. The van der Waals surface area contributed by atoms with Gasteiger partial charge in [0.25, 0.3) is 0 Å². The molecule has 6 heteroatoms. The Kier molecular flexibility index (Phi) is 5.00. The lowest BCUT2D eigenvalue weighted by Gasteiger charge is -2.23. The van der Waals surface area contributed by atoms with E-state index in [1.807, 2.05) is 26.5 Å². The molecule has 2 N–H and O–H groups in total. The first-order chi connectivity index (χ1) is 9.60. The van der Waals surface area contributed by atoms with Gasteiger partial charge in [-0.3, -0.25) is 9.67 Å². The van der Waals surface area contributed by atoms with Gasteiger partial charge in [0, 0.05) is 51.9 Å². The number of aliphatic hydroxyl groups is 1. The Hall–Kier alpha value is -1.56. The molecular formula is C14H25N5O. The van der Waals surface area contributed by atoms with E-state index >= 15 is 0 Å². The van der Waals surface area contributed by atoms with Gasteiger partial charge in [0.15, 0.2) is 5.96 Å². The first-order valence-corrected chi connectivity index (χ1v) is 7.17. The molecule has 0 bridgehead atoms. The maximum atomic E-state index is 9.85. The lowest BCUT2D eigenvalue weighted by atomic mass is 10.1. The standard InChI is InChI=1S/C14H25N5O/c1-15-14(16-8-12-5-4-6-13(12)20)18(2)9-11-7-17-19(3)10-11/h7,10,12-13,20H,4-6,8-9H2,1-3H3,(H,15,16). The number of aryl methyl sites for hydroxylation is 1. The fourth-order valence-electron chi connectivity index (χ4n) is 2.76. The molecule has 2 unspecified atom stereocenters. The van der Waals surface area contributed by atoms with Crippen LogP contribution < -0.4 is 5.32 Å². The number of aliphatic imine (C=N–C) groups is 1. The SMILES string of the molecule is CN=C(NCC1CCCC1O)N(C)Cc1cnn(C)c1. The van der Waals surface area contributed by atoms with Crippen LogP contribution in [0.15, 0.2) is 17.4 Å². The Morgan fingerprint density at radius 3 is 2.95 bits per heavy atom. The van der Waals surface area contributed by atoms with Crippen molar-refractivity contribution in [2.75, 3.05) is 20.6 Å². The molecule has 2 atom stereocenters. The van der Waals surface area contributed by atoms with Crippen molar-refractivity contribution in [3.05, 3.63) is 18.0 Å². The summed E-state index contributed by atoms with van der Waals surface area (Å²) < 4.78 is 1.80. The van der Waals surface area contributed by atoms with Gasteiger partial charge in [-0.2, -0.15) is 5.10 Å². The second-order valence-corrected chi connectivity index (χ2v) is 5.56. The third kappa shape index (κ3) is 3.72. The van der Waals surface area contributed by atoms with Crippen molar-refractivity contribution in [2.24, 2.45) is 18.0 Å². The van der Waals surface area contributed by atoms with Gasteiger partial charge in [-0.15, -0.1) is 0 Å². The zero-order chi connectivity index (χ0) is 14.5. The first kappa shape index (κ1) is 14.8. The second-order valence-electron chi connectivity index (χ2n) is 5.56. The summed E-state index contributed by atoms with van der Waals surface area (Å²) in [5, 5.41) is 17.4. The van der Waals surface area contributed by atoms with Crippen molar-refractivity contribution >= 4 is 5.96 Å². The number of guanidine groups is 1. The van der Waals surface area contributed by atoms with Crippen LogP contribution in [0.2, 0.25) is 0 Å². The quantitative estimate of drug-likeness (QED) is 0.625. The van der Waals surface area contributed by atoms with Crippen LogP contribution in [0.4, 0.5) is 0 Å². The molecule has 1 aliphatic rings. The van der Waals surface area contributed by atoms with E-state index in [1.54, 1.807) is 11.7 Å². The van der Waals surface area contributed by atoms with E-state index in [0.29, 0.717) is 5.92 Å². The van der Waals surface area contributed by atoms with Crippen LogP contribution in [0.5, 0.6) is 0 Å². The molecule has 0 aliphatic heterocycles. The minimum absolute atomic E-state index is 0.163. The normalized spacial score (nSPS) is 23.1. The topological polar surface area (TPSA) is 65.7 Å². The van der Waals surface area contributed by atoms with Crippen molar-refractivity contribution in [1.29, 1.82) is 0 Å². The van der Waals surface area contributed by atoms with E-state index in [0.717, 1.165) is 43.9 Å². The number of hydrogen-bond donors (Lipinski definition) is 2. The molecule has 112 valence electrons. The highest BCUT2D eigenvalue weighted by atomic mass is 16.3. The molecule has 1 aliphatic carbocycles. The molecule has 0 spiro atoms. The van der Waals surface area contributed by atoms with E-state index in [4.69, 9.17) is 0 Å². The monoisotopic (exact) mass is 279 g/mol. The summed E-state index contributed by atoms with van der Waals surface area (Å²) in [7, 11) is 5.71. The highest BCUT2D eigenvalue weighted by Gasteiger charge is 2.25. The van der Waals surface area contributed by atoms with Crippen LogP contribution in [0.25, 0.3) is 0 Å². The molecule has 0 radical (unpaired) electrons. The smallest absolute Gasteiger partial charge is 0.193 e. The third-order valence-corrected chi connectivity index (χ3v) is 3.89. The lowest BCUT2D eigenvalue weighted by Crippen LogP contribution is -2.41. The molecule has 0 amide bonds. The van der Waals surface area contributed by atoms with E-state index in [-0.39, 0.29) is 6.10 Å². The maximum Gasteiger partial charge on any atom is 0.193 e. The molecule has 1 saturated carbocycles. The summed E-state index contributed by atoms with van der Waals surface area (Å²) in [5.41, 5.74) is 1.15. The summed E-state index contributed by atoms with van der Waals surface area (Å²) in [6.45, 7) is 1.55. The zero-order valence-electron chi connectivity index (χ0n) is 12.6. The first-order valence-electron chi connectivity index (χ1n) is 7.17. The third-order valence-electron chi connectivity index (χ3n) is 3.89. The van der Waals surface area contributed by atoms with Crippen molar-refractivity contribution in [3.63, 3.8) is 0 Å². The fourth-order valence-corrected chi connectivity index (χ4v) is 2.76. The predicted molar refractivity (Wildman–Crippen MR) is 79.4 cm³/mol. The Balaban J connectivity index is 1.84. The largest absolute Gasteiger partial charge is 0.393 e. The van der Waals surface area contributed by atoms with Crippen LogP contribution in [0, 0.1) is 5.92 Å². The van der Waals surface area contributed by atoms with E-state index in [1.165, 1.54) is 0 Å². The summed E-state index contributed by atoms with van der Waals surface area (Å²) >= 11 is 0. The van der Waals surface area contributed by atoms with E-state index in [2.05, 4.69) is 20.3 Å². The summed E-state index contributed by atoms with van der Waals surface area (Å²) in [6.07, 6.45) is 6.85. The minimum atomic E-state index is -0.163. The summed E-state index contributed by atoms with van der Waals surface area (Å²) in [4.78, 5) is 6.37. The molecule has 0 aromatic carbocycles. The van der Waals surface area contributed by atoms with Gasteiger partial charge >= 0.3 is 0 Å². The number of aromatic nitrogens is 2. The van der Waals surface area contributed by atoms with Gasteiger partial charge in [0.2, 0.25) is 0 Å². The van der Waals surface area contributed by atoms with E-state index < -0.39 is 0 Å². The van der Waals surface area contributed by atoms with Crippen molar-refractivity contribution in [2.45, 2.75) is 31.9 Å². The van der Waals surface area contributed by atoms with Gasteiger partial charge in [-0.1, -0.05) is 6.42 Å². The Bertz CT molecular complexity index is 456. The van der Waals surface area contributed by atoms with Crippen molar-refractivity contribution in [1.82, 2.24) is 20.0 Å². The lowest BCUT2D eigenvalue weighted by molar-refractivity contribution is 0.134. The molecule has 1 heterocycles. The number of nitrogens with one attached hydrogen (secondary N) is 1. The van der Waals surface area contributed by atoms with Gasteiger partial charge in [-0.05, 0) is 12.8 Å². The van der Waals surface area contributed by atoms with Gasteiger partial charge in [0.1, 0.15) is 0 Å². The molecule has 20 heavy (non-hydrogen) atoms. The van der Waals surface area contributed by atoms with Gasteiger partial charge in [-0.25, -0.2) is 0 Å². The van der Waals surface area contributed by atoms with Crippen LogP contribution in [0.1, 0.15) is 24.8 Å². The Morgan fingerprint density at radius 2 is 2.40 bits per heavy atom. The number of hydrogen-bond acceptors (Lipinski definition) is 3. The molecule has 6 nitrogen and oxygen atoms in total. The molecule has 0 saturated heterocycles. The highest BCUT2D eigenvalue weighted by Crippen LogP contribution is 2.24. The van der Waals surface area contributed by atoms with Gasteiger partial charge in [0.05, 0.1) is 12.3 Å². The Labute approximate surface area is 120 Å². The van der Waals surface area contributed by atoms with Crippen LogP contribution >= 0.6 is 0 Å². The minimum Gasteiger partial charge on any atom is -0.393 e. The molecule has 1 aromatic rings. The fraction of sp³-hybridized carbons (Fsp3) is 0.714. The van der Waals surface area contributed by atoms with Crippen molar-refractivity contribution in [3.8, 4) is 0 Å². The highest BCUT2D eigenvalue weighted by molar-refractivity contribution is 5.79. The summed E-state index contributed by atoms with van der Waals surface area (Å²) in [5.74, 6) is 1.20. The number of rotatable bonds is 4.